The van der Waals surface area contributed by atoms with Gasteiger partial charge in [0.1, 0.15) is 0 Å². The van der Waals surface area contributed by atoms with Crippen molar-refractivity contribution in [2.45, 2.75) is 33.1 Å². The molecule has 0 saturated heterocycles. The van der Waals surface area contributed by atoms with Crippen molar-refractivity contribution >= 4 is 29.2 Å². The summed E-state index contributed by atoms with van der Waals surface area (Å²) in [5, 5.41) is 19.3. The van der Waals surface area contributed by atoms with E-state index in [0.717, 1.165) is 53.0 Å². The van der Waals surface area contributed by atoms with Crippen LogP contribution < -0.4 is 4.90 Å². The van der Waals surface area contributed by atoms with Crippen LogP contribution in [0, 0.1) is 29.6 Å². The van der Waals surface area contributed by atoms with E-state index in [-0.39, 0.29) is 0 Å². The summed E-state index contributed by atoms with van der Waals surface area (Å²) in [6.45, 7) is 4.22. The molecule has 176 valence electrons. The maximum absolute atomic E-state index is 9.69. The lowest BCUT2D eigenvalue weighted by Gasteiger charge is -2.25. The van der Waals surface area contributed by atoms with E-state index < -0.39 is 0 Å². The van der Waals surface area contributed by atoms with E-state index in [1.807, 2.05) is 42.5 Å². The Morgan fingerprint density at radius 3 is 1.94 bits per heavy atom. The molecule has 0 N–H and O–H groups in total. The minimum absolute atomic E-state index is 0.600. The second-order valence-corrected chi connectivity index (χ2v) is 8.86. The van der Waals surface area contributed by atoms with E-state index in [0.29, 0.717) is 11.1 Å². The highest BCUT2D eigenvalue weighted by Gasteiger charge is 2.12. The third kappa shape index (κ3) is 5.72. The molecule has 4 rings (SSSR count). The Morgan fingerprint density at radius 2 is 1.33 bits per heavy atom. The van der Waals surface area contributed by atoms with Gasteiger partial charge in [0.25, 0.3) is 0 Å². The molecule has 3 nitrogen and oxygen atoms in total. The molecule has 0 saturated carbocycles. The lowest BCUT2D eigenvalue weighted by Crippen LogP contribution is -2.09. The predicted molar refractivity (Wildman–Crippen MR) is 149 cm³/mol. The Hall–Kier alpha value is -4.60. The second kappa shape index (κ2) is 11.7. The van der Waals surface area contributed by atoms with Crippen LogP contribution >= 0.6 is 0 Å². The van der Waals surface area contributed by atoms with Gasteiger partial charge in [-0.1, -0.05) is 73.5 Å². The van der Waals surface area contributed by atoms with Crippen molar-refractivity contribution in [1.82, 2.24) is 0 Å². The first-order chi connectivity index (χ1) is 17.6. The molecule has 0 aromatic heterocycles. The molecule has 0 heterocycles. The van der Waals surface area contributed by atoms with E-state index >= 15 is 0 Å². The first-order valence-corrected chi connectivity index (χ1v) is 12.3. The molecule has 0 aliphatic rings. The van der Waals surface area contributed by atoms with Gasteiger partial charge in [-0.3, -0.25) is 0 Å². The van der Waals surface area contributed by atoms with Crippen molar-refractivity contribution in [3.63, 3.8) is 0 Å². The number of rotatable bonds is 8. The minimum Gasteiger partial charge on any atom is -0.311 e. The first kappa shape index (κ1) is 24.5. The van der Waals surface area contributed by atoms with Crippen molar-refractivity contribution in [1.29, 1.82) is 10.5 Å². The molecular formula is C33H29N3. The van der Waals surface area contributed by atoms with Gasteiger partial charge in [-0.05, 0) is 85.0 Å². The molecule has 0 radical (unpaired) electrons. The van der Waals surface area contributed by atoms with Crippen molar-refractivity contribution in [2.24, 2.45) is 0 Å². The van der Waals surface area contributed by atoms with Crippen LogP contribution in [0.25, 0.3) is 12.2 Å². The molecule has 3 heteroatoms. The highest BCUT2D eigenvalue weighted by atomic mass is 15.1. The largest absolute Gasteiger partial charge is 0.311 e. The molecule has 0 aliphatic carbocycles. The maximum atomic E-state index is 9.69. The van der Waals surface area contributed by atoms with Crippen molar-refractivity contribution < 1.29 is 0 Å². The summed E-state index contributed by atoms with van der Waals surface area (Å²) < 4.78 is 0. The normalized spacial score (nSPS) is 10.7. The molecule has 0 amide bonds. The van der Waals surface area contributed by atoms with Gasteiger partial charge in [0.15, 0.2) is 0 Å². The molecule has 0 fully saturated rings. The van der Waals surface area contributed by atoms with Gasteiger partial charge in [0, 0.05) is 17.1 Å². The third-order valence-electron chi connectivity index (χ3n) is 6.23. The predicted octanol–water partition coefficient (Wildman–Crippen LogP) is 8.72. The number of hydrogen-bond donors (Lipinski definition) is 0. The number of hydrogen-bond acceptors (Lipinski definition) is 3. The molecule has 4 aromatic carbocycles. The van der Waals surface area contributed by atoms with Gasteiger partial charge in [0.2, 0.25) is 0 Å². The van der Waals surface area contributed by atoms with E-state index in [9.17, 15) is 10.5 Å². The van der Waals surface area contributed by atoms with Crippen LogP contribution in [0.1, 0.15) is 53.1 Å². The molecule has 0 bridgehead atoms. The molecule has 0 aliphatic heterocycles. The van der Waals surface area contributed by atoms with Gasteiger partial charge in [0.05, 0.1) is 23.3 Å². The summed E-state index contributed by atoms with van der Waals surface area (Å²) in [6.07, 6.45) is 6.79. The Balaban J connectivity index is 1.63. The number of nitriles is 2. The average Bonchev–Trinajstić information content (AvgIpc) is 2.93. The van der Waals surface area contributed by atoms with E-state index in [1.165, 1.54) is 5.56 Å². The molecular weight excluding hydrogens is 438 g/mol. The Kier molecular flexibility index (Phi) is 7.97. The summed E-state index contributed by atoms with van der Waals surface area (Å²) in [6, 6.07) is 35.5. The highest BCUT2D eigenvalue weighted by molar-refractivity contribution is 5.79. The topological polar surface area (TPSA) is 50.8 Å². The smallest absolute Gasteiger partial charge is 0.0998 e. The number of para-hydroxylation sites is 1. The van der Waals surface area contributed by atoms with Crippen molar-refractivity contribution in [3.8, 4) is 12.1 Å². The summed E-state index contributed by atoms with van der Waals surface area (Å²) in [4.78, 5) is 2.23. The fourth-order valence-electron chi connectivity index (χ4n) is 4.21. The van der Waals surface area contributed by atoms with Gasteiger partial charge < -0.3 is 4.90 Å². The summed E-state index contributed by atoms with van der Waals surface area (Å²) >= 11 is 0. The standard InChI is InChI=1S/C33H29N3/c1-3-4-8-27-21-30(24-35)28(22-29(27)23-34)16-13-26-14-19-33(20-15-26)36(31-9-6-5-7-10-31)32-17-11-25(2)12-18-32/h5-7,9-22H,3-4,8H2,1-2H3. The Bertz CT molecular complexity index is 1420. The van der Waals surface area contributed by atoms with E-state index in [1.54, 1.807) is 0 Å². The van der Waals surface area contributed by atoms with Gasteiger partial charge in [-0.25, -0.2) is 0 Å². The average molecular weight is 468 g/mol. The van der Waals surface area contributed by atoms with Crippen LogP contribution in [-0.2, 0) is 6.42 Å². The first-order valence-electron chi connectivity index (χ1n) is 12.3. The van der Waals surface area contributed by atoms with Gasteiger partial charge in [-0.2, -0.15) is 10.5 Å². The third-order valence-corrected chi connectivity index (χ3v) is 6.23. The van der Waals surface area contributed by atoms with Crippen LogP contribution in [0.5, 0.6) is 0 Å². The fourth-order valence-corrected chi connectivity index (χ4v) is 4.21. The lowest BCUT2D eigenvalue weighted by atomic mass is 9.95. The van der Waals surface area contributed by atoms with E-state index in [4.69, 9.17) is 0 Å². The number of aryl methyl sites for hydroxylation is 2. The summed E-state index contributed by atoms with van der Waals surface area (Å²) in [7, 11) is 0. The number of anilines is 3. The van der Waals surface area contributed by atoms with Crippen molar-refractivity contribution in [2.75, 3.05) is 4.90 Å². The molecule has 0 unspecified atom stereocenters. The zero-order valence-corrected chi connectivity index (χ0v) is 20.8. The van der Waals surface area contributed by atoms with Crippen LogP contribution in [0.3, 0.4) is 0 Å². The molecule has 0 atom stereocenters. The molecule has 36 heavy (non-hydrogen) atoms. The fraction of sp³-hybridized carbons (Fsp3) is 0.152. The van der Waals surface area contributed by atoms with Crippen LogP contribution in [-0.4, -0.2) is 0 Å². The van der Waals surface area contributed by atoms with E-state index in [2.05, 4.69) is 91.5 Å². The van der Waals surface area contributed by atoms with Crippen LogP contribution in [0.2, 0.25) is 0 Å². The summed E-state index contributed by atoms with van der Waals surface area (Å²) in [5.74, 6) is 0. The summed E-state index contributed by atoms with van der Waals surface area (Å²) in [5.41, 5.74) is 8.47. The number of unbranched alkanes of at least 4 members (excludes halogenated alkanes) is 1. The monoisotopic (exact) mass is 467 g/mol. The van der Waals surface area contributed by atoms with Gasteiger partial charge in [-0.15, -0.1) is 0 Å². The quantitative estimate of drug-likeness (QED) is 0.243. The van der Waals surface area contributed by atoms with Crippen molar-refractivity contribution in [3.05, 3.63) is 124 Å². The number of benzene rings is 4. The minimum atomic E-state index is 0.600. The zero-order valence-electron chi connectivity index (χ0n) is 20.8. The SMILES string of the molecule is CCCCc1cc(C#N)c(C=Cc2ccc(N(c3ccccc3)c3ccc(C)cc3)cc2)cc1C#N. The second-order valence-electron chi connectivity index (χ2n) is 8.86. The Morgan fingerprint density at radius 1 is 0.722 bits per heavy atom. The van der Waals surface area contributed by atoms with Crippen LogP contribution in [0.4, 0.5) is 17.1 Å². The Labute approximate surface area is 214 Å². The highest BCUT2D eigenvalue weighted by Crippen LogP contribution is 2.34. The number of nitrogens with zero attached hydrogens (tertiary/aromatic N) is 3. The maximum Gasteiger partial charge on any atom is 0.0998 e. The van der Waals surface area contributed by atoms with Gasteiger partial charge >= 0.3 is 0 Å². The molecule has 0 spiro atoms. The van der Waals surface area contributed by atoms with Crippen LogP contribution in [0.15, 0.2) is 91.0 Å². The zero-order chi connectivity index (χ0) is 25.3. The lowest BCUT2D eigenvalue weighted by molar-refractivity contribution is 0.793. The molecule has 4 aromatic rings.